The second kappa shape index (κ2) is 8.58. The quantitative estimate of drug-likeness (QED) is 0.377. The summed E-state index contributed by atoms with van der Waals surface area (Å²) < 4.78 is 5.83. The summed E-state index contributed by atoms with van der Waals surface area (Å²) in [7, 11) is 0. The first-order chi connectivity index (χ1) is 18.1. The van der Waals surface area contributed by atoms with Crippen molar-refractivity contribution in [1.29, 1.82) is 0 Å². The molecule has 218 valence electrons. The highest BCUT2D eigenvalue weighted by molar-refractivity contribution is 5.83. The maximum absolute atomic E-state index is 14.0. The number of fused-ring (bicyclic) bond motifs is 7. The first-order valence-corrected chi connectivity index (χ1v) is 16.1. The zero-order chi connectivity index (χ0) is 28.2. The number of hydrogen-bond acceptors (Lipinski definition) is 4. The Balaban J connectivity index is 1.43. The number of ether oxygens (including phenoxy) is 1. The van der Waals surface area contributed by atoms with Crippen LogP contribution in [0.2, 0.25) is 0 Å². The molecule has 1 unspecified atom stereocenters. The number of aromatic amines is 1. The summed E-state index contributed by atoms with van der Waals surface area (Å²) in [5, 5.41) is 19.4. The smallest absolute Gasteiger partial charge is 0.345 e. The predicted molar refractivity (Wildman–Crippen MR) is 154 cm³/mol. The molecule has 5 aliphatic rings. The molecule has 1 aromatic heterocycles. The second-order valence-electron chi connectivity index (χ2n) is 16.7. The molecular formula is C34H54N2O3. The van der Waals surface area contributed by atoms with Gasteiger partial charge in [0.2, 0.25) is 5.88 Å². The number of nitrogens with zero attached hydrogens (tertiary/aromatic N) is 1. The van der Waals surface area contributed by atoms with Crippen LogP contribution >= 0.6 is 0 Å². The molecule has 0 spiro atoms. The average Bonchev–Trinajstić information content (AvgIpc) is 3.38. The molecule has 2 N–H and O–H groups in total. The summed E-state index contributed by atoms with van der Waals surface area (Å²) in [6, 6.07) is 1.66. The van der Waals surface area contributed by atoms with Gasteiger partial charge in [0.15, 0.2) is 5.60 Å². The SMILES string of the molecule is C[C@@H]1[C@H]2[C@H]3CC[C@@H]4[C@]5(C)[C@@H](CC[C@@]4(C)[C@]3(C)CC[C@@]2(C)CC[C@H]1C)C(C)(C)CCC5(O)C(=O)Oc1ccn[nH]1. The minimum atomic E-state index is -1.51. The van der Waals surface area contributed by atoms with Crippen molar-refractivity contribution in [1.82, 2.24) is 10.2 Å². The lowest BCUT2D eigenvalue weighted by molar-refractivity contribution is -0.290. The number of aromatic nitrogens is 2. The van der Waals surface area contributed by atoms with Gasteiger partial charge in [0, 0.05) is 11.5 Å². The van der Waals surface area contributed by atoms with E-state index in [1.807, 2.05) is 0 Å². The van der Waals surface area contributed by atoms with Crippen LogP contribution in [-0.4, -0.2) is 26.9 Å². The van der Waals surface area contributed by atoms with Gasteiger partial charge in [-0.05, 0) is 121 Å². The van der Waals surface area contributed by atoms with Gasteiger partial charge in [0.05, 0.1) is 6.20 Å². The standard InChI is InChI=1S/C34H54N2O3/c1-21-11-14-30(5)17-18-31(6)23(27(30)22(21)2)9-10-25-32(31,7)15-12-24-29(3,4)16-19-34(38,33(24,25)8)28(37)39-26-13-20-35-36-26/h13,20-25,27,38H,9-12,14-19H2,1-8H3,(H,35,36)/t21-,22+,23-,24+,25+,27+,30-,31-,32-,33+,34?/m1/s1. The Labute approximate surface area is 236 Å². The van der Waals surface area contributed by atoms with E-state index in [1.54, 1.807) is 12.3 Å². The molecule has 0 radical (unpaired) electrons. The van der Waals surface area contributed by atoms with E-state index in [0.29, 0.717) is 17.7 Å². The fourth-order valence-electron chi connectivity index (χ4n) is 12.5. The molecule has 0 aliphatic heterocycles. The third-order valence-corrected chi connectivity index (χ3v) is 15.1. The molecule has 5 nitrogen and oxygen atoms in total. The van der Waals surface area contributed by atoms with E-state index in [0.717, 1.165) is 42.9 Å². The van der Waals surface area contributed by atoms with E-state index in [-0.39, 0.29) is 28.1 Å². The van der Waals surface area contributed by atoms with Gasteiger partial charge in [-0.1, -0.05) is 55.4 Å². The number of rotatable bonds is 2. The van der Waals surface area contributed by atoms with E-state index in [9.17, 15) is 9.90 Å². The van der Waals surface area contributed by atoms with Gasteiger partial charge >= 0.3 is 5.97 Å². The third kappa shape index (κ3) is 3.47. The first kappa shape index (κ1) is 27.8. The molecule has 0 aromatic carbocycles. The fourth-order valence-corrected chi connectivity index (χ4v) is 12.5. The molecule has 11 atom stereocenters. The molecule has 5 saturated carbocycles. The van der Waals surface area contributed by atoms with Crippen molar-refractivity contribution in [3.8, 4) is 5.88 Å². The van der Waals surface area contributed by atoms with Gasteiger partial charge in [-0.15, -0.1) is 0 Å². The zero-order valence-corrected chi connectivity index (χ0v) is 25.9. The summed E-state index contributed by atoms with van der Waals surface area (Å²) in [4.78, 5) is 14.0. The van der Waals surface area contributed by atoms with E-state index < -0.39 is 17.0 Å². The number of hydrogen-bond donors (Lipinski definition) is 2. The highest BCUT2D eigenvalue weighted by Crippen LogP contribution is 2.78. The lowest BCUT2D eigenvalue weighted by Crippen LogP contribution is -2.73. The summed E-state index contributed by atoms with van der Waals surface area (Å²) in [6.07, 6.45) is 12.8. The molecule has 1 aromatic rings. The highest BCUT2D eigenvalue weighted by atomic mass is 16.6. The molecule has 0 bridgehead atoms. The largest absolute Gasteiger partial charge is 0.406 e. The molecule has 6 rings (SSSR count). The number of H-pyrrole nitrogens is 1. The van der Waals surface area contributed by atoms with Crippen LogP contribution in [-0.2, 0) is 4.79 Å². The molecule has 1 heterocycles. The van der Waals surface area contributed by atoms with Crippen LogP contribution in [0, 0.1) is 62.6 Å². The Kier molecular flexibility index (Phi) is 6.12. The number of carbonyl (C=O) groups excluding carboxylic acids is 1. The van der Waals surface area contributed by atoms with E-state index in [1.165, 1.54) is 38.5 Å². The van der Waals surface area contributed by atoms with Crippen molar-refractivity contribution < 1.29 is 14.6 Å². The number of nitrogens with one attached hydrogen (secondary N) is 1. The van der Waals surface area contributed by atoms with Crippen molar-refractivity contribution in [2.24, 2.45) is 62.6 Å². The third-order valence-electron chi connectivity index (χ3n) is 15.1. The van der Waals surface area contributed by atoms with Gasteiger partial charge in [-0.3, -0.25) is 0 Å². The average molecular weight is 539 g/mol. The Bertz CT molecular complexity index is 1120. The summed E-state index contributed by atoms with van der Waals surface area (Å²) >= 11 is 0. The van der Waals surface area contributed by atoms with Gasteiger partial charge in [-0.25, -0.2) is 9.89 Å². The second-order valence-corrected chi connectivity index (χ2v) is 16.7. The Hall–Kier alpha value is -1.36. The molecule has 0 saturated heterocycles. The Morgan fingerprint density at radius 2 is 1.64 bits per heavy atom. The lowest BCUT2D eigenvalue weighted by Gasteiger charge is -2.75. The van der Waals surface area contributed by atoms with Crippen molar-refractivity contribution in [2.45, 2.75) is 125 Å². The van der Waals surface area contributed by atoms with Crippen LogP contribution in [0.5, 0.6) is 5.88 Å². The Morgan fingerprint density at radius 1 is 0.897 bits per heavy atom. The number of carbonyl (C=O) groups is 1. The summed E-state index contributed by atoms with van der Waals surface area (Å²) in [5.41, 5.74) is -1.22. The minimum absolute atomic E-state index is 0.0762. The predicted octanol–water partition coefficient (Wildman–Crippen LogP) is 7.80. The van der Waals surface area contributed by atoms with Gasteiger partial charge in [0.25, 0.3) is 0 Å². The van der Waals surface area contributed by atoms with Crippen LogP contribution in [0.3, 0.4) is 0 Å². The van der Waals surface area contributed by atoms with Crippen LogP contribution < -0.4 is 4.74 Å². The minimum Gasteiger partial charge on any atom is -0.406 e. The van der Waals surface area contributed by atoms with Crippen molar-refractivity contribution in [3.63, 3.8) is 0 Å². The molecule has 39 heavy (non-hydrogen) atoms. The van der Waals surface area contributed by atoms with E-state index in [4.69, 9.17) is 4.74 Å². The van der Waals surface area contributed by atoms with Crippen LogP contribution in [0.1, 0.15) is 120 Å². The monoisotopic (exact) mass is 538 g/mol. The van der Waals surface area contributed by atoms with Crippen molar-refractivity contribution >= 4 is 5.97 Å². The van der Waals surface area contributed by atoms with Gasteiger partial charge in [0.1, 0.15) is 0 Å². The molecule has 5 aliphatic carbocycles. The summed E-state index contributed by atoms with van der Waals surface area (Å²) in [6.45, 7) is 19.9. The molecule has 5 fully saturated rings. The van der Waals surface area contributed by atoms with E-state index >= 15 is 0 Å². The maximum Gasteiger partial charge on any atom is 0.345 e. The molecule has 5 heteroatoms. The van der Waals surface area contributed by atoms with Crippen molar-refractivity contribution in [2.75, 3.05) is 0 Å². The number of esters is 1. The summed E-state index contributed by atoms with van der Waals surface area (Å²) in [5.74, 6) is 3.44. The number of aliphatic hydroxyl groups is 1. The maximum atomic E-state index is 14.0. The topological polar surface area (TPSA) is 75.2 Å². The van der Waals surface area contributed by atoms with Crippen LogP contribution in [0.25, 0.3) is 0 Å². The van der Waals surface area contributed by atoms with Crippen LogP contribution in [0.4, 0.5) is 0 Å². The zero-order valence-electron chi connectivity index (χ0n) is 25.9. The van der Waals surface area contributed by atoms with E-state index in [2.05, 4.69) is 65.6 Å². The Morgan fingerprint density at radius 3 is 2.33 bits per heavy atom. The first-order valence-electron chi connectivity index (χ1n) is 16.1. The lowest BCUT2D eigenvalue weighted by atomic mass is 9.30. The fraction of sp³-hybridized carbons (Fsp3) is 0.882. The van der Waals surface area contributed by atoms with Crippen LogP contribution in [0.15, 0.2) is 12.3 Å². The molecule has 0 amide bonds. The normalized spacial score (nSPS) is 52.5. The highest BCUT2D eigenvalue weighted by Gasteiger charge is 2.75. The van der Waals surface area contributed by atoms with Gasteiger partial charge in [-0.2, -0.15) is 5.10 Å². The molecular weight excluding hydrogens is 484 g/mol. The van der Waals surface area contributed by atoms with Crippen molar-refractivity contribution in [3.05, 3.63) is 12.3 Å². The van der Waals surface area contributed by atoms with Gasteiger partial charge < -0.3 is 9.84 Å².